The summed E-state index contributed by atoms with van der Waals surface area (Å²) in [6, 6.07) is 0. The Hall–Kier alpha value is -1.81. The van der Waals surface area contributed by atoms with Gasteiger partial charge in [0.05, 0.1) is 12.4 Å². The third-order valence-corrected chi connectivity index (χ3v) is 3.49. The number of imidazole rings is 1. The van der Waals surface area contributed by atoms with Crippen LogP contribution in [0.15, 0.2) is 12.7 Å². The van der Waals surface area contributed by atoms with E-state index in [9.17, 15) is 15.3 Å². The first-order chi connectivity index (χ1) is 9.50. The molecular formula is C11H15N5O4. The van der Waals surface area contributed by atoms with Crippen molar-refractivity contribution in [2.45, 2.75) is 37.6 Å². The minimum Gasteiger partial charge on any atom is -0.388 e. The van der Waals surface area contributed by atoms with Crippen molar-refractivity contribution in [3.63, 3.8) is 0 Å². The number of aliphatic hydroxyl groups is 3. The normalized spacial score (nSPS) is 34.5. The SMILES string of the molecule is C[C@H]1O[C@@H](n2cnc3c(N)ncnc32)[C@H](O)[C@@H](O)[C@H]1O. The second kappa shape index (κ2) is 4.63. The number of aliphatic hydroxyl groups excluding tert-OH is 3. The molecule has 0 aromatic carbocycles. The number of nitrogen functional groups attached to an aromatic ring is 1. The van der Waals surface area contributed by atoms with E-state index >= 15 is 0 Å². The number of hydrogen-bond acceptors (Lipinski definition) is 8. The van der Waals surface area contributed by atoms with Crippen molar-refractivity contribution in [1.82, 2.24) is 19.5 Å². The molecule has 1 saturated heterocycles. The van der Waals surface area contributed by atoms with E-state index in [1.807, 2.05) is 0 Å². The van der Waals surface area contributed by atoms with Crippen LogP contribution < -0.4 is 5.73 Å². The molecule has 0 saturated carbocycles. The standard InChI is InChI=1S/C11H15N5O4/c1-4-6(17)7(18)8(19)11(20-4)16-3-15-5-9(12)13-2-14-10(5)16/h2-4,6-8,11,17-19H,1H3,(H2,12,13,14)/t4-,6+,7+,8-,11-/m1/s1. The van der Waals surface area contributed by atoms with Crippen molar-refractivity contribution in [3.05, 3.63) is 12.7 Å². The first-order valence-electron chi connectivity index (χ1n) is 6.13. The van der Waals surface area contributed by atoms with E-state index in [0.717, 1.165) is 0 Å². The Labute approximate surface area is 113 Å². The van der Waals surface area contributed by atoms with E-state index in [1.165, 1.54) is 17.2 Å². The third kappa shape index (κ3) is 1.83. The van der Waals surface area contributed by atoms with Gasteiger partial charge in [-0.25, -0.2) is 15.0 Å². The van der Waals surface area contributed by atoms with Crippen LogP contribution in [0.25, 0.3) is 11.2 Å². The maximum absolute atomic E-state index is 10.1. The molecule has 20 heavy (non-hydrogen) atoms. The van der Waals surface area contributed by atoms with Gasteiger partial charge in [-0.2, -0.15) is 0 Å². The molecule has 0 amide bonds. The van der Waals surface area contributed by atoms with Gasteiger partial charge >= 0.3 is 0 Å². The molecule has 9 heteroatoms. The highest BCUT2D eigenvalue weighted by Crippen LogP contribution is 2.30. The van der Waals surface area contributed by atoms with Gasteiger partial charge in [0, 0.05) is 0 Å². The predicted molar refractivity (Wildman–Crippen MR) is 67.3 cm³/mol. The molecule has 3 rings (SSSR count). The minimum absolute atomic E-state index is 0.215. The molecule has 0 unspecified atom stereocenters. The van der Waals surface area contributed by atoms with Crippen LogP contribution in [0.2, 0.25) is 0 Å². The molecule has 0 radical (unpaired) electrons. The Morgan fingerprint density at radius 3 is 2.65 bits per heavy atom. The Morgan fingerprint density at radius 1 is 1.15 bits per heavy atom. The summed E-state index contributed by atoms with van der Waals surface area (Å²) in [5.41, 5.74) is 6.46. The van der Waals surface area contributed by atoms with Crippen molar-refractivity contribution in [1.29, 1.82) is 0 Å². The lowest BCUT2D eigenvalue weighted by atomic mass is 9.99. The second-order valence-corrected chi connectivity index (χ2v) is 4.79. The highest BCUT2D eigenvalue weighted by Gasteiger charge is 2.43. The van der Waals surface area contributed by atoms with Crippen LogP contribution in [0.5, 0.6) is 0 Å². The number of nitrogens with zero attached hydrogens (tertiary/aromatic N) is 4. The molecule has 5 N–H and O–H groups in total. The maximum Gasteiger partial charge on any atom is 0.167 e. The highest BCUT2D eigenvalue weighted by atomic mass is 16.5. The van der Waals surface area contributed by atoms with Gasteiger partial charge in [0.15, 0.2) is 17.7 Å². The van der Waals surface area contributed by atoms with E-state index in [0.29, 0.717) is 11.2 Å². The summed E-state index contributed by atoms with van der Waals surface area (Å²) in [7, 11) is 0. The van der Waals surface area contributed by atoms with Crippen LogP contribution in [0.1, 0.15) is 13.2 Å². The smallest absolute Gasteiger partial charge is 0.167 e. The quantitative estimate of drug-likeness (QED) is 0.490. The second-order valence-electron chi connectivity index (χ2n) is 4.79. The fourth-order valence-electron chi connectivity index (χ4n) is 2.32. The molecule has 2 aromatic rings. The van der Waals surface area contributed by atoms with Crippen molar-refractivity contribution < 1.29 is 20.1 Å². The fourth-order valence-corrected chi connectivity index (χ4v) is 2.32. The summed E-state index contributed by atoms with van der Waals surface area (Å²) in [5.74, 6) is 0.215. The van der Waals surface area contributed by atoms with E-state index < -0.39 is 30.6 Å². The summed E-state index contributed by atoms with van der Waals surface area (Å²) in [6.07, 6.45) is -2.66. The Balaban J connectivity index is 2.04. The van der Waals surface area contributed by atoms with E-state index in [-0.39, 0.29) is 5.82 Å². The molecule has 3 heterocycles. The number of rotatable bonds is 1. The first kappa shape index (κ1) is 13.2. The molecule has 1 aliphatic heterocycles. The van der Waals surface area contributed by atoms with Gasteiger partial charge in [0.2, 0.25) is 0 Å². The van der Waals surface area contributed by atoms with Gasteiger partial charge in [0.25, 0.3) is 0 Å². The van der Waals surface area contributed by atoms with Crippen molar-refractivity contribution in [2.75, 3.05) is 5.73 Å². The molecule has 0 bridgehead atoms. The Kier molecular flexibility index (Phi) is 3.05. The monoisotopic (exact) mass is 281 g/mol. The van der Waals surface area contributed by atoms with Gasteiger partial charge in [0.1, 0.15) is 30.2 Å². The van der Waals surface area contributed by atoms with Crippen molar-refractivity contribution in [3.8, 4) is 0 Å². The average Bonchev–Trinajstić information content (AvgIpc) is 2.86. The van der Waals surface area contributed by atoms with E-state index in [1.54, 1.807) is 6.92 Å². The van der Waals surface area contributed by atoms with Gasteiger partial charge in [-0.3, -0.25) is 4.57 Å². The summed E-state index contributed by atoms with van der Waals surface area (Å²) >= 11 is 0. The first-order valence-corrected chi connectivity index (χ1v) is 6.13. The zero-order valence-corrected chi connectivity index (χ0v) is 10.7. The van der Waals surface area contributed by atoms with Crippen molar-refractivity contribution in [2.24, 2.45) is 0 Å². The summed E-state index contributed by atoms with van der Waals surface area (Å²) in [6.45, 7) is 1.61. The van der Waals surface area contributed by atoms with Gasteiger partial charge in [-0.05, 0) is 6.92 Å². The zero-order chi connectivity index (χ0) is 14.4. The molecule has 5 atom stereocenters. The molecule has 9 nitrogen and oxygen atoms in total. The number of fused-ring (bicyclic) bond motifs is 1. The van der Waals surface area contributed by atoms with Gasteiger partial charge in [-0.15, -0.1) is 0 Å². The summed E-state index contributed by atoms with van der Waals surface area (Å²) < 4.78 is 7.00. The molecule has 2 aromatic heterocycles. The van der Waals surface area contributed by atoms with Crippen LogP contribution in [0.3, 0.4) is 0 Å². The van der Waals surface area contributed by atoms with Crippen LogP contribution in [0, 0.1) is 0 Å². The van der Waals surface area contributed by atoms with Crippen LogP contribution in [-0.4, -0.2) is 59.3 Å². The Bertz CT molecular complexity index is 632. The number of hydrogen-bond donors (Lipinski definition) is 4. The topological polar surface area (TPSA) is 140 Å². The van der Waals surface area contributed by atoms with Crippen LogP contribution in [0.4, 0.5) is 5.82 Å². The van der Waals surface area contributed by atoms with E-state index in [2.05, 4.69) is 15.0 Å². The molecule has 108 valence electrons. The lowest BCUT2D eigenvalue weighted by Gasteiger charge is -2.39. The molecule has 1 aliphatic rings. The number of anilines is 1. The van der Waals surface area contributed by atoms with Crippen LogP contribution in [-0.2, 0) is 4.74 Å². The Morgan fingerprint density at radius 2 is 1.90 bits per heavy atom. The molecule has 0 spiro atoms. The zero-order valence-electron chi connectivity index (χ0n) is 10.7. The maximum atomic E-state index is 10.1. The lowest BCUT2D eigenvalue weighted by molar-refractivity contribution is -0.239. The third-order valence-electron chi connectivity index (χ3n) is 3.49. The summed E-state index contributed by atoms with van der Waals surface area (Å²) in [4.78, 5) is 12.0. The highest BCUT2D eigenvalue weighted by molar-refractivity contribution is 5.81. The number of nitrogens with two attached hydrogens (primary N) is 1. The molecule has 1 fully saturated rings. The summed E-state index contributed by atoms with van der Waals surface area (Å²) in [5, 5.41) is 29.6. The van der Waals surface area contributed by atoms with Crippen LogP contribution >= 0.6 is 0 Å². The molecule has 0 aliphatic carbocycles. The predicted octanol–water partition coefficient (Wildman–Crippen LogP) is -1.59. The lowest BCUT2D eigenvalue weighted by Crippen LogP contribution is -2.54. The molecular weight excluding hydrogens is 266 g/mol. The van der Waals surface area contributed by atoms with Crippen molar-refractivity contribution >= 4 is 17.0 Å². The fraction of sp³-hybridized carbons (Fsp3) is 0.545. The van der Waals surface area contributed by atoms with Gasteiger partial charge < -0.3 is 25.8 Å². The number of aromatic nitrogens is 4. The minimum atomic E-state index is -1.32. The largest absolute Gasteiger partial charge is 0.388 e. The van der Waals surface area contributed by atoms with E-state index in [4.69, 9.17) is 10.5 Å². The number of ether oxygens (including phenoxy) is 1. The average molecular weight is 281 g/mol. The van der Waals surface area contributed by atoms with Gasteiger partial charge in [-0.1, -0.05) is 0 Å².